The van der Waals surface area contributed by atoms with Gasteiger partial charge in [0.2, 0.25) is 0 Å². The van der Waals surface area contributed by atoms with E-state index in [0.717, 1.165) is 0 Å². The van der Waals surface area contributed by atoms with Crippen LogP contribution < -0.4 is 20.7 Å². The molecule has 2 aliphatic carbocycles. The van der Waals surface area contributed by atoms with Gasteiger partial charge in [-0.15, -0.1) is 0 Å². The molecule has 4 aromatic carbocycles. The fourth-order valence-corrected chi connectivity index (χ4v) is 48.3. The molecule has 2 unspecified atom stereocenters. The maximum absolute atomic E-state index is 8.91. The van der Waals surface area contributed by atoms with Gasteiger partial charge in [0, 0.05) is 0 Å². The molecular weight excluding hydrogens is 927 g/mol. The Labute approximate surface area is 379 Å². The van der Waals surface area contributed by atoms with E-state index >= 15 is 0 Å². The molecule has 0 amide bonds. The van der Waals surface area contributed by atoms with Crippen molar-refractivity contribution in [3.05, 3.63) is 105 Å². The Balaban J connectivity index is 1.64. The van der Waals surface area contributed by atoms with Crippen LogP contribution in [-0.2, 0) is 15.6 Å². The Kier molecular flexibility index (Phi) is 13.0. The molecule has 0 nitrogen and oxygen atoms in total. The van der Waals surface area contributed by atoms with Crippen molar-refractivity contribution in [2.45, 2.75) is 152 Å². The molecule has 2 atom stereocenters. The van der Waals surface area contributed by atoms with E-state index in [1.807, 2.05) is 0 Å². The maximum atomic E-state index is 8.91. The van der Waals surface area contributed by atoms with Gasteiger partial charge >= 0.3 is 383 Å². The summed E-state index contributed by atoms with van der Waals surface area (Å²) in [7, 11) is 11.4. The summed E-state index contributed by atoms with van der Waals surface area (Å²) in [5.74, 6) is -0.926. The third-order valence-corrected chi connectivity index (χ3v) is 74.6. The van der Waals surface area contributed by atoms with Gasteiger partial charge in [0.15, 0.2) is 0 Å². The predicted octanol–water partition coefficient (Wildman–Crippen LogP) is 15.0. The molecule has 2 aliphatic rings. The molecule has 0 saturated heterocycles. The van der Waals surface area contributed by atoms with Crippen molar-refractivity contribution in [1.29, 1.82) is 0 Å². The van der Waals surface area contributed by atoms with Crippen molar-refractivity contribution in [2.75, 3.05) is 0 Å². The van der Waals surface area contributed by atoms with Crippen LogP contribution in [0.5, 0.6) is 0 Å². The zero-order valence-electron chi connectivity index (χ0n) is 41.1. The summed E-state index contributed by atoms with van der Waals surface area (Å²) in [4.78, 5) is 0. The summed E-state index contributed by atoms with van der Waals surface area (Å²) in [5, 5.41) is 6.23. The summed E-state index contributed by atoms with van der Waals surface area (Å²) in [6.07, 6.45) is 5.07. The van der Waals surface area contributed by atoms with Crippen molar-refractivity contribution < 1.29 is 15.6 Å². The molecular formula is C52H77Cl2Si5Zr. The standard InChI is InChI=1S/2C25H35Si2.C2H7Si.2ClH.Zr/c2*1-17(2)23-11-10-19-12-18(3)13-24(19)25(23)20-14-21(26(4,5)6)16-22(15-20)27(7,8)9;1-3-2;;;/h2*10-17H,1-9H3;3H,1-2H3;2*1H;/q;;;;;+2/p-2. The molecule has 0 saturated carbocycles. The van der Waals surface area contributed by atoms with Crippen LogP contribution in [0, 0.1) is 0 Å². The van der Waals surface area contributed by atoms with E-state index in [-0.39, 0.29) is 7.25 Å². The van der Waals surface area contributed by atoms with Gasteiger partial charge in [-0.25, -0.2) is 0 Å². The zero-order valence-corrected chi connectivity index (χ0v) is 50.2. The monoisotopic (exact) mass is 1000 g/mol. The van der Waals surface area contributed by atoms with E-state index in [1.54, 1.807) is 20.7 Å². The first kappa shape index (κ1) is 48.4. The van der Waals surface area contributed by atoms with Gasteiger partial charge in [-0.05, 0) is 0 Å². The van der Waals surface area contributed by atoms with E-state index in [4.69, 9.17) is 17.0 Å². The fourth-order valence-electron chi connectivity index (χ4n) is 10.4. The number of hydrogen-bond acceptors (Lipinski definition) is 0. The number of rotatable bonds is 11. The number of allylic oxidation sites excluding steroid dienone is 2. The second-order valence-electron chi connectivity index (χ2n) is 24.0. The van der Waals surface area contributed by atoms with E-state index in [9.17, 15) is 0 Å². The third kappa shape index (κ3) is 8.47. The van der Waals surface area contributed by atoms with E-state index < -0.39 is 53.8 Å². The molecule has 323 valence electrons. The van der Waals surface area contributed by atoms with Crippen LogP contribution in [0.3, 0.4) is 0 Å². The minimum absolute atomic E-state index is 0.0641. The van der Waals surface area contributed by atoms with Gasteiger partial charge in [0.05, 0.1) is 0 Å². The quantitative estimate of drug-likeness (QED) is 0.131. The number of benzene rings is 4. The van der Waals surface area contributed by atoms with Gasteiger partial charge in [-0.1, -0.05) is 0 Å². The topological polar surface area (TPSA) is 0 Å². The Hall–Kier alpha value is -1.09. The van der Waals surface area contributed by atoms with Crippen LogP contribution in [0.25, 0.3) is 34.4 Å². The molecule has 0 heterocycles. The molecule has 0 N–H and O–H groups in total. The summed E-state index contributed by atoms with van der Waals surface area (Å²) >= 11 is -4.95. The van der Waals surface area contributed by atoms with Crippen LogP contribution in [0.2, 0.25) is 91.7 Å². The molecule has 0 aromatic heterocycles. The Morgan fingerprint density at radius 3 is 1.00 bits per heavy atom. The van der Waals surface area contributed by atoms with Crippen LogP contribution in [0.15, 0.2) is 71.8 Å². The van der Waals surface area contributed by atoms with Gasteiger partial charge in [0.25, 0.3) is 0 Å². The van der Waals surface area contributed by atoms with Crippen molar-refractivity contribution in [3.63, 3.8) is 0 Å². The summed E-state index contributed by atoms with van der Waals surface area (Å²) in [6, 6.07) is 25.2. The predicted molar refractivity (Wildman–Crippen MR) is 287 cm³/mol. The third-order valence-electron chi connectivity index (χ3n) is 14.3. The second-order valence-corrected chi connectivity index (χ2v) is 86.8. The molecule has 4 aromatic rings. The van der Waals surface area contributed by atoms with Crippen LogP contribution in [0.1, 0.15) is 94.0 Å². The summed E-state index contributed by atoms with van der Waals surface area (Å²) < 4.78 is 0.128. The first-order valence-corrected chi connectivity index (χ1v) is 53.2. The van der Waals surface area contributed by atoms with Crippen molar-refractivity contribution in [1.82, 2.24) is 0 Å². The Bertz CT molecular complexity index is 2200. The molecule has 0 bridgehead atoms. The first-order valence-electron chi connectivity index (χ1n) is 22.9. The second kappa shape index (κ2) is 16.1. The van der Waals surface area contributed by atoms with Gasteiger partial charge in [-0.3, -0.25) is 0 Å². The molecule has 0 radical (unpaired) electrons. The van der Waals surface area contributed by atoms with Crippen LogP contribution in [0.4, 0.5) is 0 Å². The van der Waals surface area contributed by atoms with E-state index in [1.165, 1.54) is 66.8 Å². The van der Waals surface area contributed by atoms with E-state index in [0.29, 0.717) is 11.8 Å². The number of halogens is 2. The van der Waals surface area contributed by atoms with Crippen molar-refractivity contribution >= 4 is 88.1 Å². The first-order chi connectivity index (χ1) is 27.3. The molecule has 8 heteroatoms. The number of fused-ring (bicyclic) bond motifs is 2. The number of hydrogen-bond donors (Lipinski definition) is 0. The fraction of sp³-hybridized carbons (Fsp3) is 0.462. The minimum atomic E-state index is -4.95. The molecule has 0 aliphatic heterocycles. The average molecular weight is 1000 g/mol. The summed E-state index contributed by atoms with van der Waals surface area (Å²) in [6.45, 7) is 49.2. The molecule has 0 spiro atoms. The van der Waals surface area contributed by atoms with Gasteiger partial charge in [-0.2, -0.15) is 0 Å². The molecule has 60 heavy (non-hydrogen) atoms. The van der Waals surface area contributed by atoms with E-state index in [2.05, 4.69) is 206 Å². The molecule has 6 rings (SSSR count). The van der Waals surface area contributed by atoms with Crippen LogP contribution >= 0.6 is 17.0 Å². The Morgan fingerprint density at radius 1 is 0.483 bits per heavy atom. The zero-order chi connectivity index (χ0) is 45.1. The van der Waals surface area contributed by atoms with Crippen molar-refractivity contribution in [2.24, 2.45) is 0 Å². The van der Waals surface area contributed by atoms with Crippen molar-refractivity contribution in [3.8, 4) is 22.3 Å². The summed E-state index contributed by atoms with van der Waals surface area (Å²) in [5.41, 5.74) is 16.8. The average Bonchev–Trinajstić information content (AvgIpc) is 3.65. The van der Waals surface area contributed by atoms with Crippen LogP contribution in [-0.4, -0.2) is 38.2 Å². The molecule has 0 fully saturated rings. The van der Waals surface area contributed by atoms with Gasteiger partial charge in [0.1, 0.15) is 0 Å². The SMILES string of the molecule is CC1=Cc2c(ccc(C(C)C)c2-c2cc([Si](C)(C)C)cc([Si](C)(C)C)c2)[CH]1[Zr]([Cl])([Cl])([CH]1C(C)=Cc2c1ccc(C(C)C)c2-c1cc([Si](C)(C)C)cc([Si](C)(C)C)c1)[SiH](C)C. The van der Waals surface area contributed by atoms with Gasteiger partial charge < -0.3 is 0 Å². The Morgan fingerprint density at radius 2 is 0.767 bits per heavy atom. The normalized spacial score (nSPS) is 18.2.